The molecule has 100 valence electrons. The molecule has 0 spiro atoms. The number of hydrogen-bond acceptors (Lipinski definition) is 4. The van der Waals surface area contributed by atoms with Crippen LogP contribution < -0.4 is 4.74 Å². The molecule has 0 amide bonds. The van der Waals surface area contributed by atoms with Gasteiger partial charge in [-0.3, -0.25) is 0 Å². The van der Waals surface area contributed by atoms with Crippen molar-refractivity contribution < 1.29 is 14.6 Å². The molecule has 0 saturated heterocycles. The summed E-state index contributed by atoms with van der Waals surface area (Å²) >= 11 is -0.155. The van der Waals surface area contributed by atoms with Gasteiger partial charge in [-0.25, -0.2) is 0 Å². The molecule has 0 aliphatic rings. The second-order valence-electron chi connectivity index (χ2n) is 4.94. The summed E-state index contributed by atoms with van der Waals surface area (Å²) in [6.45, 7) is 6.22. The molecule has 1 aromatic heterocycles. The molecule has 0 aliphatic heterocycles. The predicted molar refractivity (Wildman–Crippen MR) is 68.9 cm³/mol. The van der Waals surface area contributed by atoms with E-state index in [1.54, 1.807) is 19.1 Å². The number of carbonyl (C=O) groups is 1. The second-order valence-corrected chi connectivity index (χ2v) is 7.07. The Morgan fingerprint density at radius 1 is 1.44 bits per heavy atom. The summed E-state index contributed by atoms with van der Waals surface area (Å²) in [6, 6.07) is 1.87. The first-order valence-electron chi connectivity index (χ1n) is 5.34. The van der Waals surface area contributed by atoms with E-state index in [2.05, 4.69) is 31.1 Å². The van der Waals surface area contributed by atoms with E-state index < -0.39 is 6.16 Å². The standard InChI is InChI=1S/C11H17N3O3Se/c1-11(2,3)8-6-7(12-13-14(4)5)9(18-8)17-10(15)16/h6H,1-5H3,(H,15,16). The van der Waals surface area contributed by atoms with Gasteiger partial charge < -0.3 is 0 Å². The van der Waals surface area contributed by atoms with Crippen molar-refractivity contribution in [3.05, 3.63) is 10.5 Å². The van der Waals surface area contributed by atoms with Gasteiger partial charge in [-0.2, -0.15) is 0 Å². The minimum atomic E-state index is -1.31. The Bertz CT molecular complexity index is 461. The monoisotopic (exact) mass is 319 g/mol. The van der Waals surface area contributed by atoms with Gasteiger partial charge in [-0.15, -0.1) is 0 Å². The quantitative estimate of drug-likeness (QED) is 0.402. The zero-order valence-electron chi connectivity index (χ0n) is 11.1. The predicted octanol–water partition coefficient (Wildman–Crippen LogP) is 2.66. The fourth-order valence-corrected chi connectivity index (χ4v) is 3.18. The topological polar surface area (TPSA) is 74.5 Å². The van der Waals surface area contributed by atoms with Crippen LogP contribution in [-0.2, 0) is 5.41 Å². The summed E-state index contributed by atoms with van der Waals surface area (Å²) in [5.41, 5.74) is 0.471. The van der Waals surface area contributed by atoms with Crippen LogP contribution >= 0.6 is 0 Å². The minimum absolute atomic E-state index is 0.0253. The Morgan fingerprint density at radius 2 is 2.06 bits per heavy atom. The van der Waals surface area contributed by atoms with E-state index >= 15 is 0 Å². The molecule has 0 radical (unpaired) electrons. The first-order valence-corrected chi connectivity index (χ1v) is 7.05. The number of rotatable bonds is 3. The first-order chi connectivity index (χ1) is 8.20. The Morgan fingerprint density at radius 3 is 2.50 bits per heavy atom. The van der Waals surface area contributed by atoms with E-state index in [9.17, 15) is 4.79 Å². The van der Waals surface area contributed by atoms with Gasteiger partial charge in [0.05, 0.1) is 0 Å². The molecule has 0 saturated carbocycles. The van der Waals surface area contributed by atoms with Crippen LogP contribution in [0.25, 0.3) is 0 Å². The average molecular weight is 318 g/mol. The van der Waals surface area contributed by atoms with Crippen molar-refractivity contribution in [3.63, 3.8) is 0 Å². The van der Waals surface area contributed by atoms with E-state index in [-0.39, 0.29) is 19.9 Å². The van der Waals surface area contributed by atoms with Crippen molar-refractivity contribution in [1.82, 2.24) is 5.01 Å². The van der Waals surface area contributed by atoms with Crippen molar-refractivity contribution in [1.29, 1.82) is 0 Å². The normalized spacial score (nSPS) is 11.8. The molecule has 6 nitrogen and oxygen atoms in total. The molecule has 0 unspecified atom stereocenters. The maximum absolute atomic E-state index is 10.6. The molecule has 0 bridgehead atoms. The van der Waals surface area contributed by atoms with Crippen LogP contribution in [0, 0.1) is 0 Å². The molecule has 0 atom stereocenters. The van der Waals surface area contributed by atoms with E-state index in [4.69, 9.17) is 9.84 Å². The summed E-state index contributed by atoms with van der Waals surface area (Å²) in [4.78, 5) is 10.6. The maximum atomic E-state index is 10.6. The molecule has 1 heterocycles. The number of nitrogens with zero attached hydrogens (tertiary/aromatic N) is 3. The van der Waals surface area contributed by atoms with Gasteiger partial charge in [0.2, 0.25) is 0 Å². The Balaban J connectivity index is 3.12. The molecule has 7 heteroatoms. The fourth-order valence-electron chi connectivity index (χ4n) is 1.09. The van der Waals surface area contributed by atoms with Crippen molar-refractivity contribution in [2.75, 3.05) is 14.1 Å². The Hall–Kier alpha value is -1.33. The van der Waals surface area contributed by atoms with E-state index in [1.807, 2.05) is 6.07 Å². The summed E-state index contributed by atoms with van der Waals surface area (Å²) in [6.07, 6.45) is -1.31. The summed E-state index contributed by atoms with van der Waals surface area (Å²) in [5, 5.41) is 18.1. The number of ether oxygens (including phenoxy) is 1. The van der Waals surface area contributed by atoms with Crippen LogP contribution in [0.4, 0.5) is 10.5 Å². The zero-order chi connectivity index (χ0) is 13.9. The fraction of sp³-hybridized carbons (Fsp3) is 0.545. The van der Waals surface area contributed by atoms with Crippen LogP contribution in [0.5, 0.6) is 4.62 Å². The van der Waals surface area contributed by atoms with Crippen LogP contribution in [0.15, 0.2) is 16.4 Å². The number of hydrogen-bond donors (Lipinski definition) is 1. The SMILES string of the molecule is CN(C)N=Nc1cc(C(C)(C)C)[se]c1OC(=O)O. The molecule has 0 fully saturated rings. The van der Waals surface area contributed by atoms with Crippen molar-refractivity contribution in [2.45, 2.75) is 26.2 Å². The third-order valence-electron chi connectivity index (χ3n) is 1.93. The molecule has 1 N–H and O–H groups in total. The van der Waals surface area contributed by atoms with Crippen molar-refractivity contribution in [2.24, 2.45) is 10.3 Å². The van der Waals surface area contributed by atoms with E-state index in [0.29, 0.717) is 10.3 Å². The van der Waals surface area contributed by atoms with Gasteiger partial charge in [0.15, 0.2) is 0 Å². The van der Waals surface area contributed by atoms with E-state index in [1.165, 1.54) is 0 Å². The van der Waals surface area contributed by atoms with E-state index in [0.717, 1.165) is 4.44 Å². The summed E-state index contributed by atoms with van der Waals surface area (Å²) in [7, 11) is 3.49. The molecule has 1 aromatic rings. The first kappa shape index (κ1) is 14.7. The molecular formula is C11H17N3O3Se. The average Bonchev–Trinajstić information content (AvgIpc) is 2.56. The van der Waals surface area contributed by atoms with Gasteiger partial charge in [-0.05, 0) is 0 Å². The Kier molecular flexibility index (Phi) is 4.53. The molecule has 0 aromatic carbocycles. The molecular weight excluding hydrogens is 301 g/mol. The van der Waals surface area contributed by atoms with Crippen LogP contribution in [0.1, 0.15) is 25.2 Å². The molecule has 18 heavy (non-hydrogen) atoms. The third-order valence-corrected chi connectivity index (χ3v) is 4.93. The van der Waals surface area contributed by atoms with Crippen LogP contribution in [0.3, 0.4) is 0 Å². The second kappa shape index (κ2) is 5.54. The Labute approximate surface area is 112 Å². The number of carboxylic acid groups (broad SMARTS) is 1. The van der Waals surface area contributed by atoms with Gasteiger partial charge in [0.25, 0.3) is 0 Å². The van der Waals surface area contributed by atoms with Crippen LogP contribution in [0.2, 0.25) is 0 Å². The molecule has 0 aliphatic carbocycles. The van der Waals surface area contributed by atoms with Gasteiger partial charge in [-0.1, -0.05) is 0 Å². The third kappa shape index (κ3) is 4.16. The van der Waals surface area contributed by atoms with Crippen LogP contribution in [-0.4, -0.2) is 44.9 Å². The van der Waals surface area contributed by atoms with Gasteiger partial charge in [0, 0.05) is 0 Å². The zero-order valence-corrected chi connectivity index (χ0v) is 12.8. The summed E-state index contributed by atoms with van der Waals surface area (Å²) < 4.78 is 6.31. The van der Waals surface area contributed by atoms with Crippen molar-refractivity contribution in [3.8, 4) is 4.62 Å². The van der Waals surface area contributed by atoms with Crippen molar-refractivity contribution >= 4 is 26.3 Å². The molecule has 1 rings (SSSR count). The van der Waals surface area contributed by atoms with Gasteiger partial charge in [0.1, 0.15) is 0 Å². The summed E-state index contributed by atoms with van der Waals surface area (Å²) in [5.74, 6) is 0. The van der Waals surface area contributed by atoms with Gasteiger partial charge >= 0.3 is 112 Å².